The van der Waals surface area contributed by atoms with Crippen LogP contribution in [0.15, 0.2) is 95.9 Å². The summed E-state index contributed by atoms with van der Waals surface area (Å²) in [4.78, 5) is 26.4. The van der Waals surface area contributed by atoms with Crippen molar-refractivity contribution >= 4 is 23.7 Å². The van der Waals surface area contributed by atoms with E-state index in [4.69, 9.17) is 18.9 Å². The van der Waals surface area contributed by atoms with Crippen LogP contribution in [0.1, 0.15) is 15.9 Å². The maximum Gasteiger partial charge on any atom is 0.339 e. The van der Waals surface area contributed by atoms with Crippen LogP contribution in [0.25, 0.3) is 0 Å². The van der Waals surface area contributed by atoms with E-state index >= 15 is 0 Å². The molecule has 5 atom stereocenters. The fourth-order valence-corrected chi connectivity index (χ4v) is 5.01. The van der Waals surface area contributed by atoms with E-state index in [0.717, 1.165) is 10.5 Å². The number of hydrogen-bond donors (Lipinski definition) is 0. The van der Waals surface area contributed by atoms with Crippen LogP contribution in [0, 0.1) is 0 Å². The Kier molecular flexibility index (Phi) is 6.44. The molecule has 6 nitrogen and oxygen atoms in total. The van der Waals surface area contributed by atoms with Crippen molar-refractivity contribution in [1.29, 1.82) is 0 Å². The highest BCUT2D eigenvalue weighted by Gasteiger charge is 2.59. The third-order valence-electron chi connectivity index (χ3n) is 5.51. The lowest BCUT2D eigenvalue weighted by Gasteiger charge is -2.48. The molecule has 0 aromatic heterocycles. The predicted molar refractivity (Wildman–Crippen MR) is 122 cm³/mol. The minimum Gasteiger partial charge on any atom is -0.454 e. The minimum atomic E-state index is -1.07. The lowest BCUT2D eigenvalue weighted by Crippen LogP contribution is -2.67. The Labute approximate surface area is 195 Å². The molecular weight excluding hydrogens is 440 g/mol. The zero-order valence-electron chi connectivity index (χ0n) is 17.6. The highest BCUT2D eigenvalue weighted by atomic mass is 32.2. The van der Waals surface area contributed by atoms with Crippen LogP contribution in [-0.4, -0.2) is 41.8 Å². The molecule has 3 heterocycles. The summed E-state index contributed by atoms with van der Waals surface area (Å²) in [6.45, 7) is 0.286. The van der Waals surface area contributed by atoms with Gasteiger partial charge in [0.25, 0.3) is 0 Å². The summed E-state index contributed by atoms with van der Waals surface area (Å²) in [5.74, 6) is -1.08. The van der Waals surface area contributed by atoms with Crippen LogP contribution >= 0.6 is 11.8 Å². The smallest absolute Gasteiger partial charge is 0.339 e. The third kappa shape index (κ3) is 4.80. The Morgan fingerprint density at radius 1 is 0.848 bits per heavy atom. The van der Waals surface area contributed by atoms with Crippen LogP contribution in [0.5, 0.6) is 0 Å². The topological polar surface area (TPSA) is 71.1 Å². The fourth-order valence-electron chi connectivity index (χ4n) is 3.91. The number of ether oxygens (including phenoxy) is 4. The predicted octanol–water partition coefficient (Wildman–Crippen LogP) is 4.24. The molecule has 0 N–H and O–H groups in total. The number of carbonyl (C=O) groups is 2. The van der Waals surface area contributed by atoms with Gasteiger partial charge in [0.1, 0.15) is 11.5 Å². The lowest BCUT2D eigenvalue weighted by molar-refractivity contribution is -0.267. The first-order valence-corrected chi connectivity index (χ1v) is 11.6. The van der Waals surface area contributed by atoms with Crippen molar-refractivity contribution in [2.45, 2.75) is 41.4 Å². The van der Waals surface area contributed by atoms with Gasteiger partial charge in [-0.25, -0.2) is 9.59 Å². The molecule has 2 bridgehead atoms. The average Bonchev–Trinajstić information content (AvgIpc) is 2.86. The Morgan fingerprint density at radius 3 is 2.18 bits per heavy atom. The van der Waals surface area contributed by atoms with E-state index in [2.05, 4.69) is 0 Å². The molecule has 6 rings (SSSR count). The monoisotopic (exact) mass is 462 g/mol. The van der Waals surface area contributed by atoms with E-state index < -0.39 is 41.8 Å². The van der Waals surface area contributed by atoms with E-state index in [1.54, 1.807) is 24.3 Å². The van der Waals surface area contributed by atoms with Gasteiger partial charge in [-0.05, 0) is 29.8 Å². The van der Waals surface area contributed by atoms with Gasteiger partial charge in [-0.3, -0.25) is 0 Å². The van der Waals surface area contributed by atoms with Gasteiger partial charge in [0.05, 0.1) is 12.2 Å². The zero-order chi connectivity index (χ0) is 22.6. The number of benzene rings is 3. The molecule has 3 fully saturated rings. The molecule has 0 unspecified atom stereocenters. The van der Waals surface area contributed by atoms with Gasteiger partial charge in [-0.2, -0.15) is 0 Å². The first-order valence-electron chi connectivity index (χ1n) is 10.7. The number of carbonyl (C=O) groups excluding carboxylic acids is 2. The standard InChI is InChI=1S/C26H22O6S/c27-24(18-12-6-2-7-13-18)30-21-20(29-16-17-10-4-1-5-11-17)23-26(32-22(21)25(28)31-23)33-19-14-8-3-9-15-19/h1-15,20-23,26H,16H2/t20-,21-,22+,23+,26+/m0/s1. The Morgan fingerprint density at radius 2 is 1.48 bits per heavy atom. The third-order valence-corrected chi connectivity index (χ3v) is 6.67. The van der Waals surface area contributed by atoms with Crippen LogP contribution in [0.2, 0.25) is 0 Å². The lowest BCUT2D eigenvalue weighted by atomic mass is 9.95. The molecule has 3 aromatic rings. The molecule has 3 aromatic carbocycles. The van der Waals surface area contributed by atoms with Gasteiger partial charge in [-0.15, -0.1) is 0 Å². The second-order valence-electron chi connectivity index (χ2n) is 7.75. The molecule has 3 saturated heterocycles. The van der Waals surface area contributed by atoms with Crippen molar-refractivity contribution in [3.63, 3.8) is 0 Å². The summed E-state index contributed by atoms with van der Waals surface area (Å²) < 4.78 is 23.8. The van der Waals surface area contributed by atoms with Gasteiger partial charge in [0.15, 0.2) is 18.3 Å². The van der Waals surface area contributed by atoms with Crippen LogP contribution in [0.3, 0.4) is 0 Å². The largest absolute Gasteiger partial charge is 0.454 e. The molecule has 0 radical (unpaired) electrons. The summed E-state index contributed by atoms with van der Waals surface area (Å²) in [6.07, 6.45) is -3.38. The zero-order valence-corrected chi connectivity index (χ0v) is 18.4. The van der Waals surface area contributed by atoms with Crippen molar-refractivity contribution in [3.8, 4) is 0 Å². The molecule has 3 aliphatic rings. The molecule has 3 aliphatic heterocycles. The number of rotatable bonds is 7. The van der Waals surface area contributed by atoms with Gasteiger partial charge >= 0.3 is 11.9 Å². The quantitative estimate of drug-likeness (QED) is 0.487. The van der Waals surface area contributed by atoms with Crippen molar-refractivity contribution in [1.82, 2.24) is 0 Å². The summed E-state index contributed by atoms with van der Waals surface area (Å²) in [5, 5.41) is 0. The Bertz CT molecular complexity index is 1090. The van der Waals surface area contributed by atoms with Gasteiger partial charge in [-0.1, -0.05) is 78.5 Å². The summed E-state index contributed by atoms with van der Waals surface area (Å²) >= 11 is 1.45. The second-order valence-corrected chi connectivity index (χ2v) is 8.93. The van der Waals surface area contributed by atoms with E-state index in [-0.39, 0.29) is 6.61 Å². The van der Waals surface area contributed by atoms with Gasteiger partial charge in [0, 0.05) is 4.90 Å². The van der Waals surface area contributed by atoms with Crippen molar-refractivity contribution in [3.05, 3.63) is 102 Å². The average molecular weight is 463 g/mol. The fraction of sp³-hybridized carbons (Fsp3) is 0.231. The first-order chi connectivity index (χ1) is 16.2. The van der Waals surface area contributed by atoms with Crippen LogP contribution in [-0.2, 0) is 30.3 Å². The van der Waals surface area contributed by atoms with E-state index in [1.165, 1.54) is 11.8 Å². The molecule has 0 amide bonds. The minimum absolute atomic E-state index is 0.286. The number of fused-ring (bicyclic) bond motifs is 3. The summed E-state index contributed by atoms with van der Waals surface area (Å²) in [5.41, 5.74) is 0.874. The van der Waals surface area contributed by atoms with Crippen molar-refractivity contribution < 1.29 is 28.5 Å². The molecule has 0 saturated carbocycles. The molecule has 33 heavy (non-hydrogen) atoms. The molecule has 0 spiro atoms. The van der Waals surface area contributed by atoms with Crippen molar-refractivity contribution in [2.24, 2.45) is 0 Å². The summed E-state index contributed by atoms with van der Waals surface area (Å²) in [7, 11) is 0. The van der Waals surface area contributed by atoms with Crippen LogP contribution in [0.4, 0.5) is 0 Å². The van der Waals surface area contributed by atoms with Crippen LogP contribution < -0.4 is 0 Å². The normalized spacial score (nSPS) is 25.9. The second kappa shape index (κ2) is 9.79. The number of hydrogen-bond acceptors (Lipinski definition) is 7. The van der Waals surface area contributed by atoms with E-state index in [0.29, 0.717) is 5.56 Å². The highest BCUT2D eigenvalue weighted by Crippen LogP contribution is 2.41. The molecule has 168 valence electrons. The van der Waals surface area contributed by atoms with Crippen molar-refractivity contribution in [2.75, 3.05) is 0 Å². The van der Waals surface area contributed by atoms with E-state index in [1.807, 2.05) is 66.7 Å². The SMILES string of the molecule is O=C(O[C@H]1[C@H](OCc2ccccc2)[C@H]2OC(=O)[C@@H]1O[C@@H]2Sc1ccccc1)c1ccccc1. The van der Waals surface area contributed by atoms with Gasteiger partial charge < -0.3 is 18.9 Å². The Balaban J connectivity index is 1.39. The van der Waals surface area contributed by atoms with E-state index in [9.17, 15) is 9.59 Å². The Hall–Kier alpha value is -3.13. The highest BCUT2D eigenvalue weighted by molar-refractivity contribution is 7.99. The number of thioether (sulfide) groups is 1. The number of esters is 2. The maximum absolute atomic E-state index is 12.8. The maximum atomic E-state index is 12.8. The first kappa shape index (κ1) is 21.7. The van der Waals surface area contributed by atoms with Gasteiger partial charge in [0.2, 0.25) is 0 Å². The molecule has 0 aliphatic carbocycles. The molecule has 7 heteroatoms. The summed E-state index contributed by atoms with van der Waals surface area (Å²) in [6, 6.07) is 28.1. The molecular formula is C26H22O6S.